The molecular weight excluding hydrogens is 581 g/mol. The third-order valence-electron chi connectivity index (χ3n) is 13.1. The molecule has 232 valence electrons. The molecule has 1 spiro atoms. The Morgan fingerprint density at radius 3 is 2.12 bits per heavy atom. The van der Waals surface area contributed by atoms with Crippen molar-refractivity contribution in [3.63, 3.8) is 0 Å². The Hall–Kier alpha value is -4.88. The van der Waals surface area contributed by atoms with E-state index in [0.29, 0.717) is 5.92 Å². The van der Waals surface area contributed by atoms with Gasteiger partial charge in [-0.3, -0.25) is 0 Å². The summed E-state index contributed by atoms with van der Waals surface area (Å²) in [6.07, 6.45) is 10.2. The van der Waals surface area contributed by atoms with E-state index in [9.17, 15) is 0 Å². The lowest BCUT2D eigenvalue weighted by molar-refractivity contribution is 0.163. The van der Waals surface area contributed by atoms with Crippen LogP contribution in [0.4, 0.5) is 0 Å². The van der Waals surface area contributed by atoms with Crippen molar-refractivity contribution in [2.45, 2.75) is 56.0 Å². The minimum atomic E-state index is -0.765. The Labute approximate surface area is 282 Å². The van der Waals surface area contributed by atoms with Crippen molar-refractivity contribution in [3.8, 4) is 28.0 Å². The van der Waals surface area contributed by atoms with Gasteiger partial charge in [0.15, 0.2) is 5.60 Å². The molecule has 0 saturated heterocycles. The number of fused-ring (bicyclic) bond motifs is 16. The van der Waals surface area contributed by atoms with Crippen molar-refractivity contribution in [1.29, 1.82) is 0 Å². The highest BCUT2D eigenvalue weighted by Gasteiger charge is 2.58. The van der Waals surface area contributed by atoms with E-state index in [2.05, 4.69) is 147 Å². The first kappa shape index (κ1) is 27.1. The molecule has 0 radical (unpaired) electrons. The minimum absolute atomic E-state index is 0.0623. The average molecular weight is 619 g/mol. The smallest absolute Gasteiger partial charge is 0.178 e. The first-order valence-corrected chi connectivity index (χ1v) is 17.9. The Morgan fingerprint density at radius 2 is 1.33 bits per heavy atom. The predicted octanol–water partition coefficient (Wildman–Crippen LogP) is 11.6. The van der Waals surface area contributed by atoms with Gasteiger partial charge in [-0.05, 0) is 93.1 Å². The van der Waals surface area contributed by atoms with Gasteiger partial charge in [0.1, 0.15) is 5.75 Å². The Morgan fingerprint density at radius 1 is 0.625 bits per heavy atom. The average Bonchev–Trinajstić information content (AvgIpc) is 3.89. The number of hydrogen-bond donors (Lipinski definition) is 0. The molecule has 2 bridgehead atoms. The van der Waals surface area contributed by atoms with Gasteiger partial charge in [-0.15, -0.1) is 0 Å². The molecule has 4 atom stereocenters. The highest BCUT2D eigenvalue weighted by atomic mass is 16.5. The molecule has 4 unspecified atom stereocenters. The summed E-state index contributed by atoms with van der Waals surface area (Å²) in [6.45, 7) is 4.74. The SMILES string of the molecule is CC1(C)c2ccccc2-c2ccc(C3(c4ccccc4)C=Cc4c5c(c6ccccc6c4O3)-c3ccccc3C53CC4CCC3C4)cc21. The fourth-order valence-corrected chi connectivity index (χ4v) is 11.1. The first-order chi connectivity index (χ1) is 23.5. The van der Waals surface area contributed by atoms with Crippen LogP contribution in [0, 0.1) is 11.8 Å². The summed E-state index contributed by atoms with van der Waals surface area (Å²) in [7, 11) is 0. The van der Waals surface area contributed by atoms with Gasteiger partial charge in [0.05, 0.1) is 0 Å². The van der Waals surface area contributed by atoms with E-state index in [1.807, 2.05) is 0 Å². The van der Waals surface area contributed by atoms with Crippen LogP contribution in [-0.2, 0) is 16.4 Å². The summed E-state index contributed by atoms with van der Waals surface area (Å²) < 4.78 is 7.73. The molecule has 0 N–H and O–H groups in total. The van der Waals surface area contributed by atoms with E-state index in [1.165, 1.54) is 86.5 Å². The molecule has 48 heavy (non-hydrogen) atoms. The molecule has 1 nitrogen and oxygen atoms in total. The zero-order valence-electron chi connectivity index (χ0n) is 27.6. The van der Waals surface area contributed by atoms with E-state index < -0.39 is 5.60 Å². The fourth-order valence-electron chi connectivity index (χ4n) is 11.1. The second-order valence-electron chi connectivity index (χ2n) is 15.6. The largest absolute Gasteiger partial charge is 0.472 e. The highest BCUT2D eigenvalue weighted by Crippen LogP contribution is 2.68. The molecule has 0 aromatic heterocycles. The molecule has 2 fully saturated rings. The van der Waals surface area contributed by atoms with Crippen LogP contribution in [-0.4, -0.2) is 0 Å². The van der Waals surface area contributed by atoms with E-state index in [0.717, 1.165) is 17.2 Å². The van der Waals surface area contributed by atoms with Crippen LogP contribution in [0.2, 0.25) is 0 Å². The van der Waals surface area contributed by atoms with Gasteiger partial charge < -0.3 is 4.74 Å². The van der Waals surface area contributed by atoms with Crippen LogP contribution in [0.1, 0.15) is 78.5 Å². The summed E-state index contributed by atoms with van der Waals surface area (Å²) in [4.78, 5) is 0. The Kier molecular flexibility index (Phi) is 5.18. The Bertz CT molecular complexity index is 2380. The quantitative estimate of drug-likeness (QED) is 0.188. The molecule has 1 heteroatoms. The zero-order valence-corrected chi connectivity index (χ0v) is 27.6. The maximum absolute atomic E-state index is 7.73. The van der Waals surface area contributed by atoms with Gasteiger partial charge in [0.2, 0.25) is 0 Å². The van der Waals surface area contributed by atoms with Crippen molar-refractivity contribution < 1.29 is 4.74 Å². The lowest BCUT2D eigenvalue weighted by atomic mass is 9.65. The fraction of sp³-hybridized carbons (Fsp3) is 0.234. The third-order valence-corrected chi connectivity index (χ3v) is 13.1. The van der Waals surface area contributed by atoms with Crippen LogP contribution in [0.3, 0.4) is 0 Å². The number of rotatable bonds is 2. The normalized spacial score (nSPS) is 26.2. The molecule has 6 aromatic rings. The lowest BCUT2D eigenvalue weighted by Crippen LogP contribution is -2.36. The maximum Gasteiger partial charge on any atom is 0.178 e. The van der Waals surface area contributed by atoms with Gasteiger partial charge in [-0.2, -0.15) is 0 Å². The molecule has 1 aliphatic heterocycles. The van der Waals surface area contributed by atoms with E-state index in [1.54, 1.807) is 5.56 Å². The molecule has 5 aliphatic rings. The molecule has 4 aliphatic carbocycles. The number of hydrogen-bond acceptors (Lipinski definition) is 1. The number of ether oxygens (including phenoxy) is 1. The topological polar surface area (TPSA) is 9.23 Å². The standard InChI is InChI=1S/C47H38O/c1-45(2)39-18-10-8-14-33(39)34-23-22-32(27-41(34)45)47(30-12-4-3-5-13-30)25-24-38-43-42(35-15-6-7-16-36(35)44(38)48-47)37-17-9-11-19-40(37)46(43)28-29-20-21-31(46)26-29/h3-19,22-25,27,29,31H,20-21,26,28H2,1-2H3. The van der Waals surface area contributed by atoms with Gasteiger partial charge in [-0.1, -0.05) is 142 Å². The first-order valence-electron chi connectivity index (χ1n) is 17.9. The van der Waals surface area contributed by atoms with Crippen molar-refractivity contribution in [2.75, 3.05) is 0 Å². The van der Waals surface area contributed by atoms with E-state index in [-0.39, 0.29) is 10.8 Å². The van der Waals surface area contributed by atoms with E-state index in [4.69, 9.17) is 4.74 Å². The monoisotopic (exact) mass is 618 g/mol. The summed E-state index contributed by atoms with van der Waals surface area (Å²) in [5.74, 6) is 2.53. The third kappa shape index (κ3) is 3.19. The van der Waals surface area contributed by atoms with Crippen molar-refractivity contribution in [1.82, 2.24) is 0 Å². The second kappa shape index (κ2) is 9.17. The predicted molar refractivity (Wildman–Crippen MR) is 197 cm³/mol. The zero-order chi connectivity index (χ0) is 31.8. The van der Waals surface area contributed by atoms with Crippen molar-refractivity contribution in [3.05, 3.63) is 166 Å². The summed E-state index contributed by atoms with van der Waals surface area (Å²) >= 11 is 0. The van der Waals surface area contributed by atoms with Crippen LogP contribution in [0.15, 0.2) is 127 Å². The minimum Gasteiger partial charge on any atom is -0.472 e. The van der Waals surface area contributed by atoms with Crippen molar-refractivity contribution >= 4 is 16.8 Å². The molecule has 6 aromatic carbocycles. The van der Waals surface area contributed by atoms with Crippen LogP contribution < -0.4 is 4.74 Å². The van der Waals surface area contributed by atoms with Gasteiger partial charge in [0, 0.05) is 32.9 Å². The summed E-state index contributed by atoms with van der Waals surface area (Å²) in [5.41, 5.74) is 14.3. The van der Waals surface area contributed by atoms with Gasteiger partial charge >= 0.3 is 0 Å². The van der Waals surface area contributed by atoms with Gasteiger partial charge in [0.25, 0.3) is 0 Å². The maximum atomic E-state index is 7.73. The molecular formula is C47H38O. The highest BCUT2D eigenvalue weighted by molar-refractivity contribution is 6.08. The molecule has 0 amide bonds. The van der Waals surface area contributed by atoms with Crippen LogP contribution >= 0.6 is 0 Å². The van der Waals surface area contributed by atoms with Crippen LogP contribution in [0.5, 0.6) is 5.75 Å². The lowest BCUT2D eigenvalue weighted by Gasteiger charge is -2.41. The van der Waals surface area contributed by atoms with Crippen molar-refractivity contribution in [2.24, 2.45) is 11.8 Å². The Balaban J connectivity index is 1.19. The second-order valence-corrected chi connectivity index (χ2v) is 15.6. The molecule has 11 rings (SSSR count). The number of benzene rings is 6. The van der Waals surface area contributed by atoms with Gasteiger partial charge in [-0.25, -0.2) is 0 Å². The summed E-state index contributed by atoms with van der Waals surface area (Å²) in [6, 6.07) is 45.3. The summed E-state index contributed by atoms with van der Waals surface area (Å²) in [5, 5.41) is 2.53. The molecule has 1 heterocycles. The van der Waals surface area contributed by atoms with Crippen LogP contribution in [0.25, 0.3) is 39.1 Å². The van der Waals surface area contributed by atoms with E-state index >= 15 is 0 Å². The molecule has 2 saturated carbocycles.